The van der Waals surface area contributed by atoms with Crippen molar-refractivity contribution in [2.45, 2.75) is 12.1 Å². The van der Waals surface area contributed by atoms with Gasteiger partial charge >= 0.3 is 5.51 Å². The van der Waals surface area contributed by atoms with Crippen LogP contribution in [-0.4, -0.2) is 17.8 Å². The van der Waals surface area contributed by atoms with Crippen LogP contribution >= 0.6 is 39.0 Å². The smallest absolute Gasteiger partial charge is 0.311 e. The van der Waals surface area contributed by atoms with Crippen molar-refractivity contribution >= 4 is 39.0 Å². The Bertz CT molecular complexity index is 300. The Kier molecular flexibility index (Phi) is 5.45. The van der Waals surface area contributed by atoms with Crippen LogP contribution in [0.1, 0.15) is 4.88 Å². The zero-order valence-corrected chi connectivity index (χ0v) is 10.8. The molecule has 0 bridgehead atoms. The molecular weight excluding hydrogens is 311 g/mol. The highest BCUT2D eigenvalue weighted by Crippen LogP contribution is 2.29. The molecule has 1 heterocycles. The van der Waals surface area contributed by atoms with Crippen LogP contribution in [0.3, 0.4) is 0 Å². The molecule has 0 atom stereocenters. The Balaban J connectivity index is 2.07. The zero-order chi connectivity index (χ0) is 11.3. The van der Waals surface area contributed by atoms with Crippen LogP contribution in [-0.2, 0) is 6.54 Å². The van der Waals surface area contributed by atoms with Gasteiger partial charge in [-0.15, -0.1) is 11.3 Å². The normalized spacial score (nSPS) is 12.0. The van der Waals surface area contributed by atoms with Crippen LogP contribution in [0.4, 0.5) is 13.2 Å². The molecule has 0 radical (unpaired) electrons. The Morgan fingerprint density at radius 3 is 2.67 bits per heavy atom. The summed E-state index contributed by atoms with van der Waals surface area (Å²) in [7, 11) is 0. The van der Waals surface area contributed by atoms with Gasteiger partial charge < -0.3 is 5.32 Å². The molecule has 0 spiro atoms. The van der Waals surface area contributed by atoms with E-state index in [9.17, 15) is 13.2 Å². The summed E-state index contributed by atoms with van der Waals surface area (Å²) < 4.78 is 36.3. The SMILES string of the molecule is FC(F)(F)SCCNCc1ccc(Br)s1. The van der Waals surface area contributed by atoms with Gasteiger partial charge in [-0.3, -0.25) is 0 Å². The third-order valence-electron chi connectivity index (χ3n) is 1.47. The second kappa shape index (κ2) is 6.12. The fourth-order valence-corrected chi connectivity index (χ4v) is 2.83. The minimum atomic E-state index is -4.12. The Labute approximate surface area is 103 Å². The summed E-state index contributed by atoms with van der Waals surface area (Å²) in [4.78, 5) is 1.11. The van der Waals surface area contributed by atoms with Crippen LogP contribution in [0, 0.1) is 0 Å². The van der Waals surface area contributed by atoms with Gasteiger partial charge in [-0.1, -0.05) is 0 Å². The third-order valence-corrected chi connectivity index (χ3v) is 3.83. The van der Waals surface area contributed by atoms with E-state index < -0.39 is 5.51 Å². The molecule has 0 amide bonds. The highest BCUT2D eigenvalue weighted by atomic mass is 79.9. The van der Waals surface area contributed by atoms with E-state index in [4.69, 9.17) is 0 Å². The van der Waals surface area contributed by atoms with Crippen molar-refractivity contribution in [3.05, 3.63) is 20.8 Å². The van der Waals surface area contributed by atoms with Crippen LogP contribution in [0.5, 0.6) is 0 Å². The van der Waals surface area contributed by atoms with E-state index in [1.165, 1.54) is 0 Å². The van der Waals surface area contributed by atoms with E-state index in [0.717, 1.165) is 8.66 Å². The molecule has 0 fully saturated rings. The van der Waals surface area contributed by atoms with Gasteiger partial charge in [-0.25, -0.2) is 0 Å². The summed E-state index contributed by atoms with van der Waals surface area (Å²) >= 11 is 4.90. The molecule has 0 unspecified atom stereocenters. The van der Waals surface area contributed by atoms with E-state index in [2.05, 4.69) is 21.2 Å². The lowest BCUT2D eigenvalue weighted by atomic mass is 10.4. The van der Waals surface area contributed by atoms with E-state index >= 15 is 0 Å². The van der Waals surface area contributed by atoms with Gasteiger partial charge in [0, 0.05) is 23.7 Å². The van der Waals surface area contributed by atoms with Gasteiger partial charge in [0.25, 0.3) is 0 Å². The molecule has 0 aliphatic heterocycles. The van der Waals surface area contributed by atoms with Crippen molar-refractivity contribution in [3.8, 4) is 0 Å². The van der Waals surface area contributed by atoms with Gasteiger partial charge in [0.05, 0.1) is 3.79 Å². The van der Waals surface area contributed by atoms with Gasteiger partial charge in [-0.05, 0) is 39.8 Å². The van der Waals surface area contributed by atoms with Crippen molar-refractivity contribution < 1.29 is 13.2 Å². The van der Waals surface area contributed by atoms with Gasteiger partial charge in [0.1, 0.15) is 0 Å². The Morgan fingerprint density at radius 2 is 2.13 bits per heavy atom. The first-order valence-electron chi connectivity index (χ1n) is 4.13. The molecule has 0 aliphatic carbocycles. The first kappa shape index (κ1) is 13.3. The minimum Gasteiger partial charge on any atom is -0.311 e. The number of thiophene rings is 1. The maximum Gasteiger partial charge on any atom is 0.441 e. The van der Waals surface area contributed by atoms with Crippen LogP contribution in [0.25, 0.3) is 0 Å². The molecule has 0 aliphatic rings. The summed E-state index contributed by atoms with van der Waals surface area (Å²) in [5.74, 6) is 0.0516. The van der Waals surface area contributed by atoms with E-state index in [0.29, 0.717) is 13.1 Å². The first-order chi connectivity index (χ1) is 6.97. The van der Waals surface area contributed by atoms with Gasteiger partial charge in [0.15, 0.2) is 0 Å². The fourth-order valence-electron chi connectivity index (χ4n) is 0.897. The van der Waals surface area contributed by atoms with E-state index in [1.54, 1.807) is 11.3 Å². The summed E-state index contributed by atoms with van der Waals surface area (Å²) in [5, 5.41) is 2.96. The molecule has 7 heteroatoms. The van der Waals surface area contributed by atoms with Gasteiger partial charge in [0.2, 0.25) is 0 Å². The topological polar surface area (TPSA) is 12.0 Å². The molecule has 15 heavy (non-hydrogen) atoms. The molecular formula is C8H9BrF3NS2. The third kappa shape index (κ3) is 6.44. The average molecular weight is 320 g/mol. The monoisotopic (exact) mass is 319 g/mol. The van der Waals surface area contributed by atoms with E-state index in [1.807, 2.05) is 12.1 Å². The molecule has 1 aromatic heterocycles. The van der Waals surface area contributed by atoms with Crippen molar-refractivity contribution in [2.24, 2.45) is 0 Å². The van der Waals surface area contributed by atoms with Crippen molar-refractivity contribution in [3.63, 3.8) is 0 Å². The summed E-state index contributed by atoms with van der Waals surface area (Å²) in [5.41, 5.74) is -4.12. The maximum absolute atomic E-state index is 11.7. The standard InChI is InChI=1S/C8H9BrF3NS2/c9-7-2-1-6(15-7)5-13-3-4-14-8(10,11)12/h1-2,13H,3-5H2. The van der Waals surface area contributed by atoms with Gasteiger partial charge in [-0.2, -0.15) is 13.2 Å². The Hall–Kier alpha value is 0.280. The Morgan fingerprint density at radius 1 is 1.40 bits per heavy atom. The summed E-state index contributed by atoms with van der Waals surface area (Å²) in [6.07, 6.45) is 0. The molecule has 0 saturated heterocycles. The predicted octanol–water partition coefficient (Wildman–Crippen LogP) is 3.85. The molecule has 1 nitrogen and oxygen atoms in total. The fraction of sp³-hybridized carbons (Fsp3) is 0.500. The van der Waals surface area contributed by atoms with E-state index in [-0.39, 0.29) is 17.5 Å². The van der Waals surface area contributed by atoms with Crippen molar-refractivity contribution in [1.29, 1.82) is 0 Å². The molecule has 0 aromatic carbocycles. The molecule has 86 valence electrons. The second-order valence-corrected chi connectivity index (χ2v) is 6.38. The number of thioether (sulfide) groups is 1. The minimum absolute atomic E-state index is 0.00556. The number of hydrogen-bond donors (Lipinski definition) is 1. The lowest BCUT2D eigenvalue weighted by Gasteiger charge is -2.05. The van der Waals surface area contributed by atoms with Crippen LogP contribution in [0.2, 0.25) is 0 Å². The zero-order valence-electron chi connectivity index (χ0n) is 7.60. The van der Waals surface area contributed by atoms with Crippen LogP contribution < -0.4 is 5.32 Å². The highest BCUT2D eigenvalue weighted by Gasteiger charge is 2.27. The largest absolute Gasteiger partial charge is 0.441 e. The average Bonchev–Trinajstić information content (AvgIpc) is 2.49. The van der Waals surface area contributed by atoms with Crippen molar-refractivity contribution in [1.82, 2.24) is 5.32 Å². The molecule has 0 saturated carbocycles. The maximum atomic E-state index is 11.7. The highest BCUT2D eigenvalue weighted by molar-refractivity contribution is 9.11. The molecule has 1 rings (SSSR count). The predicted molar refractivity (Wildman–Crippen MR) is 62.2 cm³/mol. The molecule has 1 N–H and O–H groups in total. The summed E-state index contributed by atoms with van der Waals surface area (Å²) in [6.45, 7) is 0.981. The number of rotatable bonds is 5. The summed E-state index contributed by atoms with van der Waals surface area (Å²) in [6, 6.07) is 3.87. The number of nitrogens with one attached hydrogen (secondary N) is 1. The van der Waals surface area contributed by atoms with Crippen LogP contribution in [0.15, 0.2) is 15.9 Å². The number of hydrogen-bond acceptors (Lipinski definition) is 3. The van der Waals surface area contributed by atoms with Crippen molar-refractivity contribution in [2.75, 3.05) is 12.3 Å². The lowest BCUT2D eigenvalue weighted by molar-refractivity contribution is -0.0327. The second-order valence-electron chi connectivity index (χ2n) is 2.68. The lowest BCUT2D eigenvalue weighted by Crippen LogP contribution is -2.17. The number of alkyl halides is 3. The molecule has 1 aromatic rings. The number of halogens is 4. The quantitative estimate of drug-likeness (QED) is 0.827. The first-order valence-corrected chi connectivity index (χ1v) is 6.72.